The van der Waals surface area contributed by atoms with E-state index in [-0.39, 0.29) is 11.5 Å². The predicted octanol–water partition coefficient (Wildman–Crippen LogP) is 1.88. The van der Waals surface area contributed by atoms with E-state index in [1.165, 1.54) is 6.42 Å². The summed E-state index contributed by atoms with van der Waals surface area (Å²) in [5.41, 5.74) is -0.155. The summed E-state index contributed by atoms with van der Waals surface area (Å²) >= 11 is 0. The van der Waals surface area contributed by atoms with Gasteiger partial charge in [0.25, 0.3) is 0 Å². The molecule has 2 fully saturated rings. The van der Waals surface area contributed by atoms with E-state index >= 15 is 0 Å². The van der Waals surface area contributed by atoms with Crippen LogP contribution in [0.2, 0.25) is 0 Å². The second-order valence-corrected chi connectivity index (χ2v) is 4.40. The number of hydrogen-bond donors (Lipinski definition) is 0. The Hall–Kier alpha value is -0.590. The minimum Gasteiger partial charge on any atom is -0.379 e. The first kappa shape index (κ1) is 9.95. The van der Waals surface area contributed by atoms with Crippen LogP contribution in [0.25, 0.3) is 0 Å². The summed E-state index contributed by atoms with van der Waals surface area (Å²) in [6.07, 6.45) is 5.60. The van der Waals surface area contributed by atoms with Crippen molar-refractivity contribution in [2.24, 2.45) is 5.41 Å². The summed E-state index contributed by atoms with van der Waals surface area (Å²) in [6, 6.07) is 2.39. The van der Waals surface area contributed by atoms with Crippen molar-refractivity contribution in [1.29, 1.82) is 5.26 Å². The molecule has 14 heavy (non-hydrogen) atoms. The summed E-state index contributed by atoms with van der Waals surface area (Å²) in [5.74, 6) is 0. The predicted molar refractivity (Wildman–Crippen MR) is 51.7 cm³/mol. The molecule has 0 bridgehead atoms. The van der Waals surface area contributed by atoms with E-state index in [1.54, 1.807) is 0 Å². The number of nitriles is 1. The van der Waals surface area contributed by atoms with Crippen LogP contribution in [0.4, 0.5) is 0 Å². The van der Waals surface area contributed by atoms with Crippen LogP contribution < -0.4 is 0 Å². The van der Waals surface area contributed by atoms with Gasteiger partial charge in [0.15, 0.2) is 0 Å². The van der Waals surface area contributed by atoms with Gasteiger partial charge in [0.2, 0.25) is 0 Å². The highest BCUT2D eigenvalue weighted by molar-refractivity contribution is 5.04. The average molecular weight is 195 g/mol. The molecule has 1 aliphatic carbocycles. The molecule has 1 saturated carbocycles. The fourth-order valence-corrected chi connectivity index (χ4v) is 2.01. The Bertz CT molecular complexity index is 224. The maximum absolute atomic E-state index is 9.00. The van der Waals surface area contributed by atoms with E-state index in [1.807, 2.05) is 0 Å². The Morgan fingerprint density at radius 3 is 2.79 bits per heavy atom. The van der Waals surface area contributed by atoms with E-state index in [0.717, 1.165) is 32.3 Å². The van der Waals surface area contributed by atoms with Gasteiger partial charge in [-0.05, 0) is 25.7 Å². The molecule has 1 heterocycles. The fourth-order valence-electron chi connectivity index (χ4n) is 2.01. The first-order chi connectivity index (χ1) is 6.85. The van der Waals surface area contributed by atoms with Crippen LogP contribution in [0, 0.1) is 16.7 Å². The number of hydrogen-bond acceptors (Lipinski definition) is 3. The van der Waals surface area contributed by atoms with Gasteiger partial charge in [-0.3, -0.25) is 0 Å². The lowest BCUT2D eigenvalue weighted by molar-refractivity contribution is -0.0797. The molecule has 0 amide bonds. The van der Waals surface area contributed by atoms with Crippen LogP contribution in [0.1, 0.15) is 32.1 Å². The molecule has 0 aromatic heterocycles. The molecule has 0 radical (unpaired) electrons. The summed E-state index contributed by atoms with van der Waals surface area (Å²) in [6.45, 7) is 2.18. The van der Waals surface area contributed by atoms with Crippen LogP contribution in [0.3, 0.4) is 0 Å². The molecule has 0 aromatic rings. The largest absolute Gasteiger partial charge is 0.379 e. The van der Waals surface area contributed by atoms with Crippen molar-refractivity contribution in [3.8, 4) is 6.07 Å². The lowest BCUT2D eigenvalue weighted by Crippen LogP contribution is -2.36. The molecule has 3 heteroatoms. The van der Waals surface area contributed by atoms with Crippen molar-refractivity contribution in [1.82, 2.24) is 0 Å². The van der Waals surface area contributed by atoms with Crippen LogP contribution in [-0.2, 0) is 9.47 Å². The normalized spacial score (nSPS) is 30.4. The number of ether oxygens (including phenoxy) is 2. The molecule has 1 unspecified atom stereocenters. The zero-order valence-corrected chi connectivity index (χ0v) is 8.50. The maximum atomic E-state index is 9.00. The second-order valence-electron chi connectivity index (χ2n) is 4.40. The van der Waals surface area contributed by atoms with Crippen molar-refractivity contribution < 1.29 is 9.47 Å². The van der Waals surface area contributed by atoms with Crippen molar-refractivity contribution in [2.45, 2.75) is 38.2 Å². The Morgan fingerprint density at radius 1 is 1.43 bits per heavy atom. The third kappa shape index (κ3) is 2.08. The van der Waals surface area contributed by atoms with Gasteiger partial charge in [0.1, 0.15) is 0 Å². The second kappa shape index (κ2) is 4.29. The van der Waals surface area contributed by atoms with E-state index in [0.29, 0.717) is 13.2 Å². The molecule has 2 rings (SSSR count). The first-order valence-corrected chi connectivity index (χ1v) is 5.45. The third-order valence-electron chi connectivity index (χ3n) is 3.26. The topological polar surface area (TPSA) is 42.2 Å². The maximum Gasteiger partial charge on any atom is 0.0810 e. The smallest absolute Gasteiger partial charge is 0.0810 e. The lowest BCUT2D eigenvalue weighted by atomic mass is 9.71. The Balaban J connectivity index is 1.73. The summed E-state index contributed by atoms with van der Waals surface area (Å²) < 4.78 is 11.1. The fraction of sp³-hybridized carbons (Fsp3) is 0.909. The summed E-state index contributed by atoms with van der Waals surface area (Å²) in [7, 11) is 0. The van der Waals surface area contributed by atoms with Crippen molar-refractivity contribution in [3.63, 3.8) is 0 Å². The van der Waals surface area contributed by atoms with E-state index in [4.69, 9.17) is 14.7 Å². The van der Waals surface area contributed by atoms with Gasteiger partial charge >= 0.3 is 0 Å². The molecule has 0 N–H and O–H groups in total. The van der Waals surface area contributed by atoms with Crippen LogP contribution in [0.5, 0.6) is 0 Å². The number of nitrogens with zero attached hydrogens (tertiary/aromatic N) is 1. The first-order valence-electron chi connectivity index (χ1n) is 5.45. The molecule has 78 valence electrons. The molecular formula is C11H17NO2. The van der Waals surface area contributed by atoms with Gasteiger partial charge in [-0.25, -0.2) is 0 Å². The van der Waals surface area contributed by atoms with Gasteiger partial charge in [-0.15, -0.1) is 0 Å². The van der Waals surface area contributed by atoms with Gasteiger partial charge < -0.3 is 9.47 Å². The SMILES string of the molecule is N#CC1(COC2CCCOC2)CCC1. The average Bonchev–Trinajstić information content (AvgIpc) is 2.19. The molecular weight excluding hydrogens is 178 g/mol. The third-order valence-corrected chi connectivity index (χ3v) is 3.26. The lowest BCUT2D eigenvalue weighted by Gasteiger charge is -2.36. The summed E-state index contributed by atoms with van der Waals surface area (Å²) in [5, 5.41) is 9.00. The zero-order chi connectivity index (χ0) is 9.86. The van der Waals surface area contributed by atoms with Crippen LogP contribution in [-0.4, -0.2) is 25.9 Å². The van der Waals surface area contributed by atoms with Crippen LogP contribution in [0.15, 0.2) is 0 Å². The molecule has 0 spiro atoms. The van der Waals surface area contributed by atoms with Gasteiger partial charge in [0, 0.05) is 6.61 Å². The molecule has 1 atom stereocenters. The van der Waals surface area contributed by atoms with Crippen molar-refractivity contribution >= 4 is 0 Å². The quantitative estimate of drug-likeness (QED) is 0.690. The van der Waals surface area contributed by atoms with Crippen molar-refractivity contribution in [3.05, 3.63) is 0 Å². The monoisotopic (exact) mass is 195 g/mol. The number of rotatable bonds is 3. The molecule has 1 aliphatic heterocycles. The highest BCUT2D eigenvalue weighted by atomic mass is 16.5. The van der Waals surface area contributed by atoms with Gasteiger partial charge in [-0.2, -0.15) is 5.26 Å². The molecule has 1 saturated heterocycles. The van der Waals surface area contributed by atoms with E-state index in [2.05, 4.69) is 6.07 Å². The summed E-state index contributed by atoms with van der Waals surface area (Å²) in [4.78, 5) is 0. The van der Waals surface area contributed by atoms with E-state index < -0.39 is 0 Å². The minimum absolute atomic E-state index is 0.155. The Morgan fingerprint density at radius 2 is 2.29 bits per heavy atom. The van der Waals surface area contributed by atoms with Gasteiger partial charge in [0.05, 0.1) is 30.8 Å². The van der Waals surface area contributed by atoms with Gasteiger partial charge in [-0.1, -0.05) is 6.42 Å². The molecule has 2 aliphatic rings. The highest BCUT2D eigenvalue weighted by Crippen LogP contribution is 2.40. The van der Waals surface area contributed by atoms with E-state index in [9.17, 15) is 0 Å². The Kier molecular flexibility index (Phi) is 3.05. The molecule has 0 aromatic carbocycles. The Labute approximate surface area is 85.0 Å². The minimum atomic E-state index is -0.155. The zero-order valence-electron chi connectivity index (χ0n) is 8.50. The van der Waals surface area contributed by atoms with Crippen molar-refractivity contribution in [2.75, 3.05) is 19.8 Å². The van der Waals surface area contributed by atoms with Crippen LogP contribution >= 0.6 is 0 Å². The standard InChI is InChI=1S/C11H17NO2/c12-8-11(4-2-5-11)9-14-10-3-1-6-13-7-10/h10H,1-7,9H2. The highest BCUT2D eigenvalue weighted by Gasteiger charge is 2.38. The molecule has 3 nitrogen and oxygen atoms in total.